The molecule has 0 aliphatic rings. The van der Waals surface area contributed by atoms with Crippen molar-refractivity contribution in [2.45, 2.75) is 39.7 Å². The molecule has 0 radical (unpaired) electrons. The van der Waals surface area contributed by atoms with Crippen molar-refractivity contribution >= 4 is 21.7 Å². The smallest absolute Gasteiger partial charge is 0.156 e. The number of Topliss-reactive ketones (excluding diaryl/α,β-unsaturated/α-hetero) is 1. The van der Waals surface area contributed by atoms with Crippen molar-refractivity contribution in [3.63, 3.8) is 0 Å². The summed E-state index contributed by atoms with van der Waals surface area (Å²) in [6, 6.07) is 5.72. The summed E-state index contributed by atoms with van der Waals surface area (Å²) in [7, 11) is 1.63. The Balaban J connectivity index is 2.95. The van der Waals surface area contributed by atoms with Crippen LogP contribution in [0.25, 0.3) is 0 Å². The van der Waals surface area contributed by atoms with E-state index in [9.17, 15) is 4.79 Å². The Morgan fingerprint density at radius 1 is 1.30 bits per heavy atom. The van der Waals surface area contributed by atoms with Crippen LogP contribution in [-0.4, -0.2) is 36.4 Å². The molecular weight excluding hydrogens is 318 g/mol. The summed E-state index contributed by atoms with van der Waals surface area (Å²) in [4.78, 5) is 14.8. The molecule has 0 aromatic heterocycles. The number of methoxy groups -OCH3 is 1. The van der Waals surface area contributed by atoms with Crippen LogP contribution in [0.15, 0.2) is 22.7 Å². The van der Waals surface area contributed by atoms with Crippen LogP contribution < -0.4 is 4.74 Å². The van der Waals surface area contributed by atoms with Crippen molar-refractivity contribution in [3.8, 4) is 5.75 Å². The molecule has 1 rings (SSSR count). The van der Waals surface area contributed by atoms with E-state index in [-0.39, 0.29) is 5.78 Å². The number of hydrogen-bond acceptors (Lipinski definition) is 3. The fourth-order valence-corrected chi connectivity index (χ4v) is 2.78. The molecule has 0 fully saturated rings. The number of benzene rings is 1. The molecule has 1 aromatic carbocycles. The number of carbonyl (C=O) groups excluding carboxylic acids is 1. The van der Waals surface area contributed by atoms with Crippen molar-refractivity contribution in [3.05, 3.63) is 28.2 Å². The Kier molecular flexibility index (Phi) is 6.21. The zero-order chi connectivity index (χ0) is 15.3. The Morgan fingerprint density at radius 2 is 1.90 bits per heavy atom. The first-order valence-electron chi connectivity index (χ1n) is 6.97. The number of likely N-dealkylation sites (N-methyl/N-ethyl adjacent to an activating group) is 1. The van der Waals surface area contributed by atoms with Gasteiger partial charge in [0.15, 0.2) is 5.78 Å². The van der Waals surface area contributed by atoms with Gasteiger partial charge in [-0.3, -0.25) is 9.69 Å². The van der Waals surface area contributed by atoms with E-state index < -0.39 is 5.54 Å². The van der Waals surface area contributed by atoms with E-state index in [1.807, 2.05) is 32.0 Å². The fourth-order valence-electron chi connectivity index (χ4n) is 2.39. The molecule has 0 N–H and O–H groups in total. The molecule has 0 atom stereocenters. The Hall–Kier alpha value is -0.870. The van der Waals surface area contributed by atoms with Crippen LogP contribution in [0.3, 0.4) is 0 Å². The topological polar surface area (TPSA) is 29.5 Å². The molecule has 4 heteroatoms. The van der Waals surface area contributed by atoms with Crippen molar-refractivity contribution < 1.29 is 9.53 Å². The minimum atomic E-state index is -0.452. The molecule has 0 spiro atoms. The Bertz CT molecular complexity index is 468. The average Bonchev–Trinajstić information content (AvgIpc) is 2.42. The molecule has 0 aliphatic heterocycles. The molecule has 0 saturated heterocycles. The molecule has 0 unspecified atom stereocenters. The van der Waals surface area contributed by atoms with Crippen molar-refractivity contribution in [2.24, 2.45) is 0 Å². The predicted molar refractivity (Wildman–Crippen MR) is 86.4 cm³/mol. The van der Waals surface area contributed by atoms with Gasteiger partial charge < -0.3 is 4.74 Å². The van der Waals surface area contributed by atoms with E-state index in [1.54, 1.807) is 7.11 Å². The van der Waals surface area contributed by atoms with Gasteiger partial charge in [0.05, 0.1) is 12.6 Å². The molecule has 0 bridgehead atoms. The minimum Gasteiger partial charge on any atom is -0.497 e. The Labute approximate surface area is 130 Å². The van der Waals surface area contributed by atoms with Crippen LogP contribution in [0, 0.1) is 0 Å². The zero-order valence-corrected chi connectivity index (χ0v) is 14.6. The SMILES string of the molecule is CCN(CC)C(C)(C)C(=O)Cc1cc(OC)ccc1Br. The van der Waals surface area contributed by atoms with Gasteiger partial charge in [0, 0.05) is 10.9 Å². The number of carbonyl (C=O) groups is 1. The summed E-state index contributed by atoms with van der Waals surface area (Å²) in [5.41, 5.74) is 0.515. The second-order valence-corrected chi connectivity index (χ2v) is 6.14. The quantitative estimate of drug-likeness (QED) is 0.757. The summed E-state index contributed by atoms with van der Waals surface area (Å²) in [6.07, 6.45) is 0.404. The maximum Gasteiger partial charge on any atom is 0.156 e. The third-order valence-corrected chi connectivity index (χ3v) is 4.61. The molecule has 20 heavy (non-hydrogen) atoms. The Morgan fingerprint density at radius 3 is 2.40 bits per heavy atom. The van der Waals surface area contributed by atoms with Gasteiger partial charge in [0.1, 0.15) is 5.75 Å². The van der Waals surface area contributed by atoms with Gasteiger partial charge in [-0.05, 0) is 50.7 Å². The first-order chi connectivity index (χ1) is 9.36. The first kappa shape index (κ1) is 17.2. The number of hydrogen-bond donors (Lipinski definition) is 0. The van der Waals surface area contributed by atoms with Crippen LogP contribution in [0.1, 0.15) is 33.3 Å². The lowest BCUT2D eigenvalue weighted by Crippen LogP contribution is -2.50. The van der Waals surface area contributed by atoms with Gasteiger partial charge in [0.2, 0.25) is 0 Å². The lowest BCUT2D eigenvalue weighted by molar-refractivity contribution is -0.128. The number of ether oxygens (including phenoxy) is 1. The van der Waals surface area contributed by atoms with E-state index in [0.717, 1.165) is 28.9 Å². The molecular formula is C16H24BrNO2. The second-order valence-electron chi connectivity index (χ2n) is 5.29. The molecule has 0 aliphatic carbocycles. The van der Waals surface area contributed by atoms with E-state index in [0.29, 0.717) is 6.42 Å². The summed E-state index contributed by atoms with van der Waals surface area (Å²) >= 11 is 3.50. The lowest BCUT2D eigenvalue weighted by atomic mass is 9.91. The van der Waals surface area contributed by atoms with Crippen molar-refractivity contribution in [1.29, 1.82) is 0 Å². The lowest BCUT2D eigenvalue weighted by Gasteiger charge is -2.36. The van der Waals surface area contributed by atoms with Crippen LogP contribution in [0.2, 0.25) is 0 Å². The summed E-state index contributed by atoms with van der Waals surface area (Å²) < 4.78 is 6.17. The van der Waals surface area contributed by atoms with Crippen LogP contribution >= 0.6 is 15.9 Å². The van der Waals surface area contributed by atoms with Crippen LogP contribution in [0.5, 0.6) is 5.75 Å². The number of ketones is 1. The largest absolute Gasteiger partial charge is 0.497 e. The highest BCUT2D eigenvalue weighted by Crippen LogP contribution is 2.25. The van der Waals surface area contributed by atoms with Gasteiger partial charge >= 0.3 is 0 Å². The van der Waals surface area contributed by atoms with E-state index in [2.05, 4.69) is 34.7 Å². The number of rotatable bonds is 7. The predicted octanol–water partition coefficient (Wildman–Crippen LogP) is 3.69. The van der Waals surface area contributed by atoms with E-state index >= 15 is 0 Å². The van der Waals surface area contributed by atoms with Gasteiger partial charge in [-0.1, -0.05) is 29.8 Å². The zero-order valence-electron chi connectivity index (χ0n) is 13.0. The normalized spacial score (nSPS) is 11.8. The molecule has 0 heterocycles. The summed E-state index contributed by atoms with van der Waals surface area (Å²) in [5, 5.41) is 0. The molecule has 112 valence electrons. The third kappa shape index (κ3) is 3.83. The van der Waals surface area contributed by atoms with Crippen LogP contribution in [-0.2, 0) is 11.2 Å². The standard InChI is InChI=1S/C16H24BrNO2/c1-6-18(7-2)16(3,4)15(19)11-12-10-13(20-5)8-9-14(12)17/h8-10H,6-7,11H2,1-5H3. The van der Waals surface area contributed by atoms with Gasteiger partial charge in [-0.25, -0.2) is 0 Å². The highest BCUT2D eigenvalue weighted by Gasteiger charge is 2.32. The molecule has 1 aromatic rings. The molecule has 3 nitrogen and oxygen atoms in total. The fraction of sp³-hybridized carbons (Fsp3) is 0.562. The first-order valence-corrected chi connectivity index (χ1v) is 7.76. The highest BCUT2D eigenvalue weighted by atomic mass is 79.9. The summed E-state index contributed by atoms with van der Waals surface area (Å²) in [6.45, 7) is 9.90. The third-order valence-electron chi connectivity index (χ3n) is 3.84. The number of halogens is 1. The van der Waals surface area contributed by atoms with Gasteiger partial charge in [0.25, 0.3) is 0 Å². The summed E-state index contributed by atoms with van der Waals surface area (Å²) in [5.74, 6) is 0.992. The average molecular weight is 342 g/mol. The van der Waals surface area contributed by atoms with Gasteiger partial charge in [-0.2, -0.15) is 0 Å². The van der Waals surface area contributed by atoms with Crippen molar-refractivity contribution in [2.75, 3.05) is 20.2 Å². The van der Waals surface area contributed by atoms with Crippen molar-refractivity contribution in [1.82, 2.24) is 4.90 Å². The minimum absolute atomic E-state index is 0.218. The highest BCUT2D eigenvalue weighted by molar-refractivity contribution is 9.10. The second kappa shape index (κ2) is 7.23. The van der Waals surface area contributed by atoms with Crippen LogP contribution in [0.4, 0.5) is 0 Å². The monoisotopic (exact) mass is 341 g/mol. The maximum atomic E-state index is 12.6. The molecule has 0 saturated carbocycles. The van der Waals surface area contributed by atoms with E-state index in [4.69, 9.17) is 4.74 Å². The van der Waals surface area contributed by atoms with E-state index in [1.165, 1.54) is 0 Å². The molecule has 0 amide bonds. The van der Waals surface area contributed by atoms with Gasteiger partial charge in [-0.15, -0.1) is 0 Å². The number of nitrogens with zero attached hydrogens (tertiary/aromatic N) is 1. The maximum absolute atomic E-state index is 12.6.